The predicted molar refractivity (Wildman–Crippen MR) is 97.6 cm³/mol. The van der Waals surface area contributed by atoms with Gasteiger partial charge in [-0.1, -0.05) is 36.4 Å². The Morgan fingerprint density at radius 2 is 1.84 bits per heavy atom. The molecule has 0 spiro atoms. The second-order valence-electron chi connectivity index (χ2n) is 6.25. The van der Waals surface area contributed by atoms with Crippen molar-refractivity contribution in [3.8, 4) is 16.9 Å². The van der Waals surface area contributed by atoms with Crippen LogP contribution in [0.3, 0.4) is 0 Å². The third-order valence-corrected chi connectivity index (χ3v) is 6.36. The highest BCUT2D eigenvalue weighted by Gasteiger charge is 2.33. The van der Waals surface area contributed by atoms with E-state index in [1.165, 1.54) is 12.0 Å². The first kappa shape index (κ1) is 17.5. The SMILES string of the molecule is COc1ccc(-c2ccccc2)cc1C(=O)N(C)C1CCS(=O)(=O)C1. The molecule has 1 heterocycles. The van der Waals surface area contributed by atoms with Crippen LogP contribution >= 0.6 is 0 Å². The van der Waals surface area contributed by atoms with Crippen LogP contribution in [-0.2, 0) is 9.84 Å². The van der Waals surface area contributed by atoms with Gasteiger partial charge >= 0.3 is 0 Å². The first-order valence-electron chi connectivity index (χ1n) is 8.12. The molecule has 1 aliphatic rings. The van der Waals surface area contributed by atoms with Gasteiger partial charge in [0, 0.05) is 13.1 Å². The number of carbonyl (C=O) groups is 1. The van der Waals surface area contributed by atoms with Gasteiger partial charge < -0.3 is 9.64 Å². The lowest BCUT2D eigenvalue weighted by molar-refractivity contribution is 0.0744. The number of sulfone groups is 1. The van der Waals surface area contributed by atoms with Gasteiger partial charge in [-0.2, -0.15) is 0 Å². The minimum absolute atomic E-state index is 0.0237. The summed E-state index contributed by atoms with van der Waals surface area (Å²) in [5, 5.41) is 0. The Balaban J connectivity index is 1.93. The summed E-state index contributed by atoms with van der Waals surface area (Å²) in [5.74, 6) is 0.418. The summed E-state index contributed by atoms with van der Waals surface area (Å²) in [7, 11) is 0.129. The lowest BCUT2D eigenvalue weighted by Gasteiger charge is -2.24. The van der Waals surface area contributed by atoms with Crippen LogP contribution in [0.25, 0.3) is 11.1 Å². The van der Waals surface area contributed by atoms with Crippen LogP contribution in [0.1, 0.15) is 16.8 Å². The smallest absolute Gasteiger partial charge is 0.257 e. The quantitative estimate of drug-likeness (QED) is 0.842. The molecule has 5 nitrogen and oxygen atoms in total. The zero-order valence-corrected chi connectivity index (χ0v) is 15.1. The van der Waals surface area contributed by atoms with Gasteiger partial charge in [-0.3, -0.25) is 4.79 Å². The first-order chi connectivity index (χ1) is 11.9. The summed E-state index contributed by atoms with van der Waals surface area (Å²) in [6.07, 6.45) is 0.477. The molecule has 1 fully saturated rings. The predicted octanol–water partition coefficient (Wildman–Crippen LogP) is 2.62. The third-order valence-electron chi connectivity index (χ3n) is 4.61. The molecule has 2 aromatic carbocycles. The maximum absolute atomic E-state index is 13.0. The number of ether oxygens (including phenoxy) is 1. The summed E-state index contributed by atoms with van der Waals surface area (Å²) in [5.41, 5.74) is 2.36. The first-order valence-corrected chi connectivity index (χ1v) is 9.94. The van der Waals surface area contributed by atoms with E-state index in [1.807, 2.05) is 36.4 Å². The number of benzene rings is 2. The topological polar surface area (TPSA) is 63.7 Å². The highest BCUT2D eigenvalue weighted by Crippen LogP contribution is 2.28. The Kier molecular flexibility index (Phi) is 4.81. The maximum atomic E-state index is 13.0. The Morgan fingerprint density at radius 1 is 1.12 bits per heavy atom. The zero-order valence-electron chi connectivity index (χ0n) is 14.3. The molecule has 0 N–H and O–H groups in total. The lowest BCUT2D eigenvalue weighted by Crippen LogP contribution is -2.38. The van der Waals surface area contributed by atoms with Gasteiger partial charge in [-0.25, -0.2) is 8.42 Å². The van der Waals surface area contributed by atoms with Gasteiger partial charge in [0.2, 0.25) is 0 Å². The van der Waals surface area contributed by atoms with E-state index in [4.69, 9.17) is 4.74 Å². The fourth-order valence-corrected chi connectivity index (χ4v) is 4.90. The third kappa shape index (κ3) is 3.69. The van der Waals surface area contributed by atoms with E-state index in [0.717, 1.165) is 11.1 Å². The standard InChI is InChI=1S/C19H21NO4S/c1-20(16-10-11-25(22,23)13-16)19(21)17-12-15(8-9-18(17)24-2)14-6-4-3-5-7-14/h3-9,12,16H,10-11,13H2,1-2H3. The molecule has 0 saturated carbocycles. The molecule has 1 aliphatic heterocycles. The van der Waals surface area contributed by atoms with Crippen molar-refractivity contribution in [3.05, 3.63) is 54.1 Å². The van der Waals surface area contributed by atoms with E-state index < -0.39 is 9.84 Å². The van der Waals surface area contributed by atoms with E-state index >= 15 is 0 Å². The summed E-state index contributed by atoms with van der Waals surface area (Å²) in [4.78, 5) is 14.5. The van der Waals surface area contributed by atoms with Crippen molar-refractivity contribution in [2.24, 2.45) is 0 Å². The molecular weight excluding hydrogens is 338 g/mol. The molecule has 1 amide bonds. The molecule has 1 saturated heterocycles. The highest BCUT2D eigenvalue weighted by molar-refractivity contribution is 7.91. The molecule has 3 rings (SSSR count). The normalized spacial score (nSPS) is 18.7. The Labute approximate surface area is 148 Å². The highest BCUT2D eigenvalue weighted by atomic mass is 32.2. The van der Waals surface area contributed by atoms with Crippen LogP contribution in [0, 0.1) is 0 Å². The molecule has 0 bridgehead atoms. The van der Waals surface area contributed by atoms with Gasteiger partial charge in [0.15, 0.2) is 9.84 Å². The molecule has 1 unspecified atom stereocenters. The minimum atomic E-state index is -3.05. The van der Waals surface area contributed by atoms with Gasteiger partial charge in [0.1, 0.15) is 5.75 Å². The molecule has 0 aliphatic carbocycles. The summed E-state index contributed by atoms with van der Waals surface area (Å²) >= 11 is 0. The number of hydrogen-bond acceptors (Lipinski definition) is 4. The van der Waals surface area contributed by atoms with E-state index in [9.17, 15) is 13.2 Å². The van der Waals surface area contributed by atoms with Gasteiger partial charge in [0.25, 0.3) is 5.91 Å². The Morgan fingerprint density at radius 3 is 2.44 bits per heavy atom. The van der Waals surface area contributed by atoms with Crippen molar-refractivity contribution in [2.45, 2.75) is 12.5 Å². The van der Waals surface area contributed by atoms with Crippen molar-refractivity contribution in [1.82, 2.24) is 4.90 Å². The van der Waals surface area contributed by atoms with E-state index in [1.54, 1.807) is 19.2 Å². The van der Waals surface area contributed by atoms with E-state index in [-0.39, 0.29) is 23.5 Å². The van der Waals surface area contributed by atoms with Crippen LogP contribution in [-0.4, -0.2) is 50.9 Å². The van der Waals surface area contributed by atoms with Crippen LogP contribution < -0.4 is 4.74 Å². The van der Waals surface area contributed by atoms with Crippen LogP contribution in [0.2, 0.25) is 0 Å². The number of rotatable bonds is 4. The Bertz CT molecular complexity index is 878. The van der Waals surface area contributed by atoms with Crippen LogP contribution in [0.5, 0.6) is 5.75 Å². The Hall–Kier alpha value is -2.34. The van der Waals surface area contributed by atoms with Crippen molar-refractivity contribution in [3.63, 3.8) is 0 Å². The molecule has 25 heavy (non-hydrogen) atoms. The molecule has 0 radical (unpaired) electrons. The molecule has 6 heteroatoms. The van der Waals surface area contributed by atoms with Crippen molar-refractivity contribution in [2.75, 3.05) is 25.7 Å². The molecule has 2 aromatic rings. The average Bonchev–Trinajstić information content (AvgIpc) is 3.00. The fourth-order valence-electron chi connectivity index (χ4n) is 3.12. The number of carbonyl (C=O) groups excluding carboxylic acids is 1. The van der Waals surface area contributed by atoms with Gasteiger partial charge in [0.05, 0.1) is 24.2 Å². The summed E-state index contributed by atoms with van der Waals surface area (Å²) in [6.45, 7) is 0. The lowest BCUT2D eigenvalue weighted by atomic mass is 10.0. The molecule has 1 atom stereocenters. The van der Waals surface area contributed by atoms with E-state index in [0.29, 0.717) is 17.7 Å². The second kappa shape index (κ2) is 6.88. The average molecular weight is 359 g/mol. The number of methoxy groups -OCH3 is 1. The van der Waals surface area contributed by atoms with Gasteiger partial charge in [-0.05, 0) is 29.7 Å². The zero-order chi connectivity index (χ0) is 18.0. The van der Waals surface area contributed by atoms with Crippen molar-refractivity contribution in [1.29, 1.82) is 0 Å². The van der Waals surface area contributed by atoms with Gasteiger partial charge in [-0.15, -0.1) is 0 Å². The summed E-state index contributed by atoms with van der Waals surface area (Å²) in [6, 6.07) is 15.0. The molecular formula is C19H21NO4S. The number of hydrogen-bond donors (Lipinski definition) is 0. The fraction of sp³-hybridized carbons (Fsp3) is 0.316. The molecule has 0 aromatic heterocycles. The summed E-state index contributed by atoms with van der Waals surface area (Å²) < 4.78 is 28.8. The monoisotopic (exact) mass is 359 g/mol. The van der Waals surface area contributed by atoms with E-state index in [2.05, 4.69) is 0 Å². The number of nitrogens with zero attached hydrogens (tertiary/aromatic N) is 1. The second-order valence-corrected chi connectivity index (χ2v) is 8.48. The number of amides is 1. The largest absolute Gasteiger partial charge is 0.496 e. The van der Waals surface area contributed by atoms with Crippen LogP contribution in [0.4, 0.5) is 0 Å². The maximum Gasteiger partial charge on any atom is 0.257 e. The van der Waals surface area contributed by atoms with Crippen molar-refractivity contribution < 1.29 is 17.9 Å². The van der Waals surface area contributed by atoms with Crippen LogP contribution in [0.15, 0.2) is 48.5 Å². The van der Waals surface area contributed by atoms with Crippen molar-refractivity contribution >= 4 is 15.7 Å². The minimum Gasteiger partial charge on any atom is -0.496 e. The molecule has 132 valence electrons.